The van der Waals surface area contributed by atoms with Crippen LogP contribution in [0.1, 0.15) is 6.42 Å². The first-order valence-electron chi connectivity index (χ1n) is 2.97. The van der Waals surface area contributed by atoms with Crippen LogP contribution in [0.25, 0.3) is 0 Å². The first-order chi connectivity index (χ1) is 4.95. The minimum absolute atomic E-state index is 0.479. The van der Waals surface area contributed by atoms with Crippen LogP contribution in [0.2, 0.25) is 0 Å². The van der Waals surface area contributed by atoms with Gasteiger partial charge in [0.2, 0.25) is 0 Å². The van der Waals surface area contributed by atoms with E-state index in [9.17, 15) is 4.79 Å². The molecule has 0 aromatic heterocycles. The zero-order valence-electron chi connectivity index (χ0n) is 5.71. The first-order valence-corrected chi connectivity index (χ1v) is 2.97. The predicted molar refractivity (Wildman–Crippen MR) is 34.5 cm³/mol. The van der Waals surface area contributed by atoms with Crippen molar-refractivity contribution in [2.75, 3.05) is 0 Å². The van der Waals surface area contributed by atoms with Crippen molar-refractivity contribution in [2.45, 2.75) is 24.9 Å². The van der Waals surface area contributed by atoms with E-state index in [-0.39, 0.29) is 0 Å². The third kappa shape index (κ3) is 3.89. The number of hydrogen-bond acceptors (Lipinski definition) is 5. The summed E-state index contributed by atoms with van der Waals surface area (Å²) in [6.45, 7) is 0. The highest BCUT2D eigenvalue weighted by Crippen LogP contribution is 1.99. The van der Waals surface area contributed by atoms with E-state index in [2.05, 4.69) is 0 Å². The molecule has 0 saturated heterocycles. The van der Waals surface area contributed by atoms with Gasteiger partial charge < -0.3 is 26.2 Å². The topological polar surface area (TPSA) is 124 Å². The molecule has 6 heteroatoms. The van der Waals surface area contributed by atoms with Crippen LogP contribution in [0.4, 0.5) is 0 Å². The lowest BCUT2D eigenvalue weighted by atomic mass is 10.1. The Labute approximate surface area is 62.9 Å². The minimum atomic E-state index is -1.69. The van der Waals surface area contributed by atoms with Gasteiger partial charge in [0.25, 0.3) is 0 Å². The summed E-state index contributed by atoms with van der Waals surface area (Å²) in [7, 11) is 0. The molecule has 0 fully saturated rings. The van der Waals surface area contributed by atoms with Gasteiger partial charge in [0.1, 0.15) is 6.23 Å². The third-order valence-corrected chi connectivity index (χ3v) is 1.14. The number of aliphatic hydroxyl groups excluding tert-OH is 3. The molecule has 6 N–H and O–H groups in total. The molecule has 3 unspecified atom stereocenters. The lowest BCUT2D eigenvalue weighted by Crippen LogP contribution is -2.38. The van der Waals surface area contributed by atoms with Gasteiger partial charge in [-0.25, -0.2) is 4.79 Å². The second kappa shape index (κ2) is 4.24. The van der Waals surface area contributed by atoms with Crippen LogP contribution >= 0.6 is 0 Å². The van der Waals surface area contributed by atoms with E-state index in [0.29, 0.717) is 0 Å². The second-order valence-corrected chi connectivity index (χ2v) is 2.15. The summed E-state index contributed by atoms with van der Waals surface area (Å²) < 4.78 is 0. The zero-order valence-corrected chi connectivity index (χ0v) is 5.71. The molecular weight excluding hydrogens is 154 g/mol. The number of carboxylic acid groups (broad SMARTS) is 1. The number of nitrogens with two attached hydrogens (primary N) is 1. The van der Waals surface area contributed by atoms with E-state index in [1.54, 1.807) is 0 Å². The molecule has 0 aliphatic rings. The highest BCUT2D eigenvalue weighted by Gasteiger charge is 2.21. The molecule has 3 atom stereocenters. The van der Waals surface area contributed by atoms with E-state index < -0.39 is 30.8 Å². The molecular formula is C5H11NO5. The van der Waals surface area contributed by atoms with Gasteiger partial charge in [-0.3, -0.25) is 0 Å². The van der Waals surface area contributed by atoms with Crippen LogP contribution in [0.3, 0.4) is 0 Å². The van der Waals surface area contributed by atoms with Crippen molar-refractivity contribution in [1.82, 2.24) is 0 Å². The Hall–Kier alpha value is -0.690. The number of carbonyl (C=O) groups is 1. The Morgan fingerprint density at radius 2 is 1.82 bits per heavy atom. The maximum Gasteiger partial charge on any atom is 0.332 e. The second-order valence-electron chi connectivity index (χ2n) is 2.15. The maximum atomic E-state index is 9.97. The van der Waals surface area contributed by atoms with Gasteiger partial charge in [0, 0.05) is 6.42 Å². The van der Waals surface area contributed by atoms with Crippen LogP contribution in [0.5, 0.6) is 0 Å². The summed E-state index contributed by atoms with van der Waals surface area (Å²) in [5.41, 5.74) is 4.79. The molecule has 0 amide bonds. The van der Waals surface area contributed by atoms with Crippen molar-refractivity contribution < 1.29 is 25.2 Å². The quantitative estimate of drug-likeness (QED) is 0.292. The normalized spacial score (nSPS) is 18.9. The summed E-state index contributed by atoms with van der Waals surface area (Å²) in [6, 6.07) is 0. The number of hydrogen-bond donors (Lipinski definition) is 5. The molecule has 0 aromatic rings. The fourth-order valence-electron chi connectivity index (χ4n) is 0.469. The Kier molecular flexibility index (Phi) is 3.98. The van der Waals surface area contributed by atoms with Gasteiger partial charge >= 0.3 is 5.97 Å². The SMILES string of the molecule is NC(O)C(O)CC(O)C(=O)O. The third-order valence-electron chi connectivity index (χ3n) is 1.14. The molecule has 0 spiro atoms. The van der Waals surface area contributed by atoms with Crippen LogP contribution in [0.15, 0.2) is 0 Å². The van der Waals surface area contributed by atoms with E-state index in [0.717, 1.165) is 0 Å². The van der Waals surface area contributed by atoms with Crippen molar-refractivity contribution in [2.24, 2.45) is 5.73 Å². The molecule has 0 radical (unpaired) electrons. The van der Waals surface area contributed by atoms with Gasteiger partial charge in [0.05, 0.1) is 6.10 Å². The molecule has 0 aromatic carbocycles. The number of aliphatic carboxylic acids is 1. The summed E-state index contributed by atoms with van der Waals surface area (Å²) in [6.07, 6.45) is -5.11. The van der Waals surface area contributed by atoms with Crippen LogP contribution < -0.4 is 5.73 Å². The summed E-state index contributed by atoms with van der Waals surface area (Å²) in [5.74, 6) is -1.45. The van der Waals surface area contributed by atoms with Crippen molar-refractivity contribution in [3.8, 4) is 0 Å². The fraction of sp³-hybridized carbons (Fsp3) is 0.800. The van der Waals surface area contributed by atoms with E-state index in [1.807, 2.05) is 0 Å². The summed E-state index contributed by atoms with van der Waals surface area (Å²) >= 11 is 0. The molecule has 0 heterocycles. The average molecular weight is 165 g/mol. The molecule has 0 rings (SSSR count). The molecule has 0 aliphatic carbocycles. The summed E-state index contributed by atoms with van der Waals surface area (Å²) in [4.78, 5) is 9.97. The Balaban J connectivity index is 3.75. The highest BCUT2D eigenvalue weighted by atomic mass is 16.4. The molecule has 0 aliphatic heterocycles. The fourth-order valence-corrected chi connectivity index (χ4v) is 0.469. The van der Waals surface area contributed by atoms with Crippen molar-refractivity contribution >= 4 is 5.97 Å². The van der Waals surface area contributed by atoms with Crippen molar-refractivity contribution in [3.63, 3.8) is 0 Å². The van der Waals surface area contributed by atoms with Gasteiger partial charge in [-0.15, -0.1) is 0 Å². The van der Waals surface area contributed by atoms with Gasteiger partial charge in [-0.2, -0.15) is 0 Å². The van der Waals surface area contributed by atoms with Gasteiger partial charge in [-0.1, -0.05) is 0 Å². The van der Waals surface area contributed by atoms with E-state index in [1.165, 1.54) is 0 Å². The van der Waals surface area contributed by atoms with Crippen LogP contribution in [-0.4, -0.2) is 44.8 Å². The zero-order chi connectivity index (χ0) is 9.02. The largest absolute Gasteiger partial charge is 0.479 e. The highest BCUT2D eigenvalue weighted by molar-refractivity contribution is 5.71. The molecule has 6 nitrogen and oxygen atoms in total. The Morgan fingerprint density at radius 3 is 2.09 bits per heavy atom. The standard InChI is InChI=1S/C5H11NO5/c6-4(9)2(7)1-3(8)5(10)11/h2-4,7-9H,1,6H2,(H,10,11). The van der Waals surface area contributed by atoms with Crippen molar-refractivity contribution in [3.05, 3.63) is 0 Å². The Morgan fingerprint density at radius 1 is 1.36 bits per heavy atom. The molecule has 0 bridgehead atoms. The average Bonchev–Trinajstić information content (AvgIpc) is 1.87. The minimum Gasteiger partial charge on any atom is -0.479 e. The monoisotopic (exact) mass is 165 g/mol. The lowest BCUT2D eigenvalue weighted by molar-refractivity contribution is -0.149. The van der Waals surface area contributed by atoms with E-state index >= 15 is 0 Å². The first kappa shape index (κ1) is 10.3. The summed E-state index contributed by atoms with van der Waals surface area (Å²) in [5, 5.41) is 34.0. The lowest BCUT2D eigenvalue weighted by Gasteiger charge is -2.14. The maximum absolute atomic E-state index is 9.97. The van der Waals surface area contributed by atoms with E-state index in [4.69, 9.17) is 26.2 Å². The van der Waals surface area contributed by atoms with Gasteiger partial charge in [0.15, 0.2) is 6.10 Å². The number of carboxylic acids is 1. The molecule has 11 heavy (non-hydrogen) atoms. The number of rotatable bonds is 4. The smallest absolute Gasteiger partial charge is 0.332 e. The molecule has 0 saturated carbocycles. The van der Waals surface area contributed by atoms with Crippen LogP contribution in [0, 0.1) is 0 Å². The van der Waals surface area contributed by atoms with Crippen LogP contribution in [-0.2, 0) is 4.79 Å². The van der Waals surface area contributed by atoms with Gasteiger partial charge in [-0.05, 0) is 0 Å². The molecule has 66 valence electrons. The number of aliphatic hydroxyl groups is 3. The Bertz CT molecular complexity index is 137. The predicted octanol–water partition coefficient (Wildman–Crippen LogP) is -2.54. The van der Waals surface area contributed by atoms with Crippen molar-refractivity contribution in [1.29, 1.82) is 0 Å².